The summed E-state index contributed by atoms with van der Waals surface area (Å²) in [4.78, 5) is 27.3. The van der Waals surface area contributed by atoms with E-state index in [4.69, 9.17) is 4.74 Å². The fraction of sp³-hybridized carbons (Fsp3) is 0.368. The summed E-state index contributed by atoms with van der Waals surface area (Å²) in [6, 6.07) is 9.58. The number of carbonyl (C=O) groups excluding carboxylic acids is 2. The lowest BCUT2D eigenvalue weighted by Crippen LogP contribution is -2.39. The molecule has 3 rings (SSSR count). The van der Waals surface area contributed by atoms with Crippen molar-refractivity contribution < 1.29 is 14.3 Å². The molecule has 1 aliphatic rings. The normalized spacial score (nSPS) is 14.8. The van der Waals surface area contributed by atoms with E-state index in [1.54, 1.807) is 28.2 Å². The Labute approximate surface area is 157 Å². The van der Waals surface area contributed by atoms with Crippen LogP contribution in [0, 0.1) is 0 Å². The van der Waals surface area contributed by atoms with Gasteiger partial charge in [-0.2, -0.15) is 11.3 Å². The molecule has 2 heterocycles. The first kappa shape index (κ1) is 18.3. The highest BCUT2D eigenvalue weighted by Crippen LogP contribution is 2.16. The lowest BCUT2D eigenvalue weighted by atomic mass is 10.1. The first-order valence-corrected chi connectivity index (χ1v) is 9.53. The number of carbonyl (C=O) groups is 2. The molecule has 0 aliphatic carbocycles. The van der Waals surface area contributed by atoms with E-state index in [0.717, 1.165) is 17.7 Å². The number of amides is 3. The van der Waals surface area contributed by atoms with Crippen LogP contribution in [0.5, 0.6) is 0 Å². The number of thiophene rings is 1. The molecule has 6 nitrogen and oxygen atoms in total. The zero-order chi connectivity index (χ0) is 18.5. The van der Waals surface area contributed by atoms with Crippen LogP contribution >= 0.6 is 11.3 Å². The van der Waals surface area contributed by atoms with Crippen molar-refractivity contribution in [3.05, 3.63) is 52.2 Å². The average molecular weight is 373 g/mol. The number of hydrogen-bond acceptors (Lipinski definition) is 4. The Kier molecular flexibility index (Phi) is 5.78. The van der Waals surface area contributed by atoms with E-state index in [1.165, 1.54) is 5.56 Å². The largest absolute Gasteiger partial charge is 0.448 e. The Bertz CT molecular complexity index is 746. The maximum absolute atomic E-state index is 12.4. The number of benzene rings is 1. The minimum Gasteiger partial charge on any atom is -0.448 e. The van der Waals surface area contributed by atoms with Crippen LogP contribution in [0.25, 0.3) is 0 Å². The third kappa shape index (κ3) is 4.54. The number of anilines is 1. The predicted molar refractivity (Wildman–Crippen MR) is 102 cm³/mol. The molecule has 1 N–H and O–H groups in total. The van der Waals surface area contributed by atoms with Crippen molar-refractivity contribution in [1.82, 2.24) is 9.80 Å². The molecular formula is C19H23N3O3S. The standard InChI is InChI=1S/C19H23N3O3S/c1-14(11-16-7-10-26-13-16)21(2)18(23)20-17-5-3-15(4-6-17)12-22-8-9-25-19(22)24/h3-7,10,13-14H,8-9,11-12H2,1-2H3,(H,20,23). The first-order valence-electron chi connectivity index (χ1n) is 8.58. The van der Waals surface area contributed by atoms with Gasteiger partial charge in [-0.3, -0.25) is 0 Å². The third-order valence-electron chi connectivity index (χ3n) is 4.52. The smallest absolute Gasteiger partial charge is 0.410 e. The monoisotopic (exact) mass is 373 g/mol. The van der Waals surface area contributed by atoms with Crippen LogP contribution in [-0.4, -0.2) is 48.2 Å². The topological polar surface area (TPSA) is 61.9 Å². The molecule has 7 heteroatoms. The second-order valence-electron chi connectivity index (χ2n) is 6.46. The average Bonchev–Trinajstić information content (AvgIpc) is 3.28. The zero-order valence-electron chi connectivity index (χ0n) is 15.0. The molecular weight excluding hydrogens is 350 g/mol. The summed E-state index contributed by atoms with van der Waals surface area (Å²) >= 11 is 1.67. The number of hydrogen-bond donors (Lipinski definition) is 1. The van der Waals surface area contributed by atoms with Gasteiger partial charge in [0.1, 0.15) is 6.61 Å². The second-order valence-corrected chi connectivity index (χ2v) is 7.24. The van der Waals surface area contributed by atoms with E-state index in [0.29, 0.717) is 19.7 Å². The second kappa shape index (κ2) is 8.23. The minimum atomic E-state index is -0.274. The molecule has 1 saturated heterocycles. The Hall–Kier alpha value is -2.54. The molecule has 1 aromatic carbocycles. The van der Waals surface area contributed by atoms with E-state index in [2.05, 4.69) is 16.8 Å². The summed E-state index contributed by atoms with van der Waals surface area (Å²) < 4.78 is 4.93. The Morgan fingerprint density at radius 3 is 2.69 bits per heavy atom. The highest BCUT2D eigenvalue weighted by molar-refractivity contribution is 7.07. The summed E-state index contributed by atoms with van der Waals surface area (Å²) in [6.07, 6.45) is 0.557. The van der Waals surface area contributed by atoms with Crippen LogP contribution in [0.3, 0.4) is 0 Å². The van der Waals surface area contributed by atoms with Crippen molar-refractivity contribution in [2.75, 3.05) is 25.5 Å². The summed E-state index contributed by atoms with van der Waals surface area (Å²) in [5, 5.41) is 7.07. The van der Waals surface area contributed by atoms with Gasteiger partial charge in [0.25, 0.3) is 0 Å². The molecule has 0 spiro atoms. The fourth-order valence-corrected chi connectivity index (χ4v) is 3.46. The number of likely N-dealkylation sites (N-methyl/N-ethyl adjacent to an activating group) is 1. The SMILES string of the molecule is CC(Cc1ccsc1)N(C)C(=O)Nc1ccc(CN2CCOC2=O)cc1. The van der Waals surface area contributed by atoms with Gasteiger partial charge in [-0.25, -0.2) is 9.59 Å². The summed E-state index contributed by atoms with van der Waals surface area (Å²) in [7, 11) is 1.81. The van der Waals surface area contributed by atoms with Gasteiger partial charge in [-0.05, 0) is 53.4 Å². The molecule has 1 aliphatic heterocycles. The van der Waals surface area contributed by atoms with Crippen LogP contribution in [-0.2, 0) is 17.7 Å². The molecule has 2 aromatic rings. The van der Waals surface area contributed by atoms with Gasteiger partial charge in [0.2, 0.25) is 0 Å². The molecule has 1 fully saturated rings. The lowest BCUT2D eigenvalue weighted by molar-refractivity contribution is 0.157. The number of cyclic esters (lactones) is 1. The van der Waals surface area contributed by atoms with E-state index in [-0.39, 0.29) is 18.2 Å². The molecule has 1 aromatic heterocycles. The van der Waals surface area contributed by atoms with Gasteiger partial charge in [0, 0.05) is 25.3 Å². The van der Waals surface area contributed by atoms with Crippen molar-refractivity contribution >= 4 is 29.1 Å². The highest BCUT2D eigenvalue weighted by atomic mass is 32.1. The predicted octanol–water partition coefficient (Wildman–Crippen LogP) is 3.80. The van der Waals surface area contributed by atoms with Gasteiger partial charge in [0.15, 0.2) is 0 Å². The highest BCUT2D eigenvalue weighted by Gasteiger charge is 2.21. The van der Waals surface area contributed by atoms with Gasteiger partial charge in [-0.1, -0.05) is 12.1 Å². The van der Waals surface area contributed by atoms with Crippen LogP contribution in [0.2, 0.25) is 0 Å². The van der Waals surface area contributed by atoms with E-state index >= 15 is 0 Å². The van der Waals surface area contributed by atoms with E-state index in [9.17, 15) is 9.59 Å². The van der Waals surface area contributed by atoms with Crippen molar-refractivity contribution in [3.63, 3.8) is 0 Å². The van der Waals surface area contributed by atoms with Crippen LogP contribution in [0.1, 0.15) is 18.1 Å². The van der Waals surface area contributed by atoms with Crippen molar-refractivity contribution in [1.29, 1.82) is 0 Å². The maximum Gasteiger partial charge on any atom is 0.410 e. The summed E-state index contributed by atoms with van der Waals surface area (Å²) in [5.74, 6) is 0. The summed E-state index contributed by atoms with van der Waals surface area (Å²) in [6.45, 7) is 3.62. The molecule has 0 bridgehead atoms. The number of nitrogens with one attached hydrogen (secondary N) is 1. The van der Waals surface area contributed by atoms with Crippen molar-refractivity contribution in [2.45, 2.75) is 25.9 Å². The number of ether oxygens (including phenoxy) is 1. The van der Waals surface area contributed by atoms with Crippen molar-refractivity contribution in [2.24, 2.45) is 0 Å². The Morgan fingerprint density at radius 1 is 1.31 bits per heavy atom. The molecule has 3 amide bonds. The summed E-state index contributed by atoms with van der Waals surface area (Å²) in [5.41, 5.74) is 2.98. The number of rotatable bonds is 6. The molecule has 1 unspecified atom stereocenters. The van der Waals surface area contributed by atoms with Gasteiger partial charge in [0.05, 0.1) is 6.54 Å². The molecule has 1 atom stereocenters. The van der Waals surface area contributed by atoms with Gasteiger partial charge in [-0.15, -0.1) is 0 Å². The fourth-order valence-electron chi connectivity index (χ4n) is 2.78. The number of urea groups is 1. The molecule has 26 heavy (non-hydrogen) atoms. The molecule has 0 radical (unpaired) electrons. The Balaban J connectivity index is 1.52. The van der Waals surface area contributed by atoms with Gasteiger partial charge >= 0.3 is 12.1 Å². The molecule has 138 valence electrons. The third-order valence-corrected chi connectivity index (χ3v) is 5.25. The maximum atomic E-state index is 12.4. The Morgan fingerprint density at radius 2 is 2.08 bits per heavy atom. The van der Waals surface area contributed by atoms with Crippen molar-refractivity contribution in [3.8, 4) is 0 Å². The number of nitrogens with zero attached hydrogens (tertiary/aromatic N) is 2. The molecule has 0 saturated carbocycles. The van der Waals surface area contributed by atoms with E-state index in [1.807, 2.05) is 36.6 Å². The zero-order valence-corrected chi connectivity index (χ0v) is 15.8. The van der Waals surface area contributed by atoms with Gasteiger partial charge < -0.3 is 19.9 Å². The minimum absolute atomic E-state index is 0.102. The first-order chi connectivity index (χ1) is 12.5. The van der Waals surface area contributed by atoms with Crippen LogP contribution in [0.4, 0.5) is 15.3 Å². The van der Waals surface area contributed by atoms with E-state index < -0.39 is 0 Å². The van der Waals surface area contributed by atoms with Crippen LogP contribution in [0.15, 0.2) is 41.1 Å². The lowest BCUT2D eigenvalue weighted by Gasteiger charge is -2.25. The van der Waals surface area contributed by atoms with Crippen LogP contribution < -0.4 is 5.32 Å². The quantitative estimate of drug-likeness (QED) is 0.838.